The van der Waals surface area contributed by atoms with Crippen molar-refractivity contribution in [1.29, 1.82) is 5.26 Å². The molecule has 0 aliphatic heterocycles. The van der Waals surface area contributed by atoms with E-state index in [4.69, 9.17) is 5.26 Å². The molecule has 0 aliphatic carbocycles. The molecule has 0 spiro atoms. The Morgan fingerprint density at radius 1 is 1.64 bits per heavy atom. The van der Waals surface area contributed by atoms with Gasteiger partial charge in [0.05, 0.1) is 18.6 Å². The number of pyridine rings is 1. The first-order valence-corrected chi connectivity index (χ1v) is 4.12. The molecule has 0 N–H and O–H groups in total. The third kappa shape index (κ3) is 2.07. The van der Waals surface area contributed by atoms with E-state index in [-0.39, 0.29) is 11.9 Å². The first kappa shape index (κ1) is 10.2. The average Bonchev–Trinajstić information content (AvgIpc) is 2.27. The van der Waals surface area contributed by atoms with Gasteiger partial charge in [0.1, 0.15) is 6.07 Å². The number of rotatable bonds is 2. The number of aromatic nitrogens is 1. The van der Waals surface area contributed by atoms with Crippen molar-refractivity contribution < 1.29 is 9.53 Å². The fourth-order valence-corrected chi connectivity index (χ4v) is 1.07. The molecule has 1 rings (SSSR count). The normalized spacial score (nSPS) is 11.5. The Kier molecular flexibility index (Phi) is 3.19. The Morgan fingerprint density at radius 2 is 2.36 bits per heavy atom. The van der Waals surface area contributed by atoms with Gasteiger partial charge in [0.2, 0.25) is 0 Å². The van der Waals surface area contributed by atoms with E-state index < -0.39 is 0 Å². The summed E-state index contributed by atoms with van der Waals surface area (Å²) in [7, 11) is 1.33. The number of carbonyl (C=O) groups excluding carboxylic acids is 1. The number of ether oxygens (including phenoxy) is 1. The molecule has 14 heavy (non-hydrogen) atoms. The van der Waals surface area contributed by atoms with Crippen molar-refractivity contribution in [3.8, 4) is 6.07 Å². The van der Waals surface area contributed by atoms with E-state index in [1.165, 1.54) is 13.3 Å². The van der Waals surface area contributed by atoms with Gasteiger partial charge in [-0.3, -0.25) is 9.78 Å². The monoisotopic (exact) mass is 190 g/mol. The van der Waals surface area contributed by atoms with Crippen molar-refractivity contribution in [3.05, 3.63) is 29.6 Å². The lowest BCUT2D eigenvalue weighted by Crippen LogP contribution is -2.11. The van der Waals surface area contributed by atoms with Crippen molar-refractivity contribution >= 4 is 5.97 Å². The molecule has 0 fully saturated rings. The van der Waals surface area contributed by atoms with Crippen molar-refractivity contribution in [2.45, 2.75) is 12.8 Å². The quantitative estimate of drug-likeness (QED) is 0.658. The van der Waals surface area contributed by atoms with Gasteiger partial charge in [-0.15, -0.1) is 0 Å². The second kappa shape index (κ2) is 4.38. The van der Waals surface area contributed by atoms with Crippen LogP contribution in [0.5, 0.6) is 0 Å². The van der Waals surface area contributed by atoms with Gasteiger partial charge in [0.25, 0.3) is 0 Å². The molecule has 1 unspecified atom stereocenters. The highest BCUT2D eigenvalue weighted by molar-refractivity contribution is 5.77. The van der Waals surface area contributed by atoms with Crippen molar-refractivity contribution in [2.75, 3.05) is 7.11 Å². The predicted molar refractivity (Wildman–Crippen MR) is 49.4 cm³/mol. The van der Waals surface area contributed by atoms with Crippen LogP contribution in [0.4, 0.5) is 0 Å². The van der Waals surface area contributed by atoms with E-state index in [1.54, 1.807) is 19.2 Å². The summed E-state index contributed by atoms with van der Waals surface area (Å²) in [6.45, 7) is 1.71. The molecule has 0 bridgehead atoms. The van der Waals surface area contributed by atoms with Crippen LogP contribution in [-0.4, -0.2) is 18.1 Å². The first-order chi connectivity index (χ1) is 6.69. The maximum atomic E-state index is 11.2. The molecule has 0 saturated carbocycles. The average molecular weight is 190 g/mol. The lowest BCUT2D eigenvalue weighted by molar-refractivity contribution is -0.141. The zero-order valence-electron chi connectivity index (χ0n) is 8.02. The van der Waals surface area contributed by atoms with E-state index >= 15 is 0 Å². The topological polar surface area (TPSA) is 63.0 Å². The highest BCUT2D eigenvalue weighted by atomic mass is 16.5. The summed E-state index contributed by atoms with van der Waals surface area (Å²) in [5.74, 6) is -0.720. The zero-order valence-corrected chi connectivity index (χ0v) is 8.02. The Labute approximate surface area is 82.1 Å². The molecule has 4 heteroatoms. The Bertz CT molecular complexity index is 382. The zero-order chi connectivity index (χ0) is 10.6. The van der Waals surface area contributed by atoms with Gasteiger partial charge in [0, 0.05) is 12.4 Å². The number of methoxy groups -OCH3 is 1. The molecular formula is C10H10N2O2. The Balaban J connectivity index is 2.96. The van der Waals surface area contributed by atoms with Gasteiger partial charge < -0.3 is 4.74 Å². The van der Waals surface area contributed by atoms with Crippen molar-refractivity contribution in [2.24, 2.45) is 0 Å². The van der Waals surface area contributed by atoms with Crippen LogP contribution in [0.15, 0.2) is 18.5 Å². The number of nitriles is 1. The van der Waals surface area contributed by atoms with Crippen LogP contribution in [0.3, 0.4) is 0 Å². The van der Waals surface area contributed by atoms with Crippen LogP contribution >= 0.6 is 0 Å². The molecule has 0 radical (unpaired) electrons. The van der Waals surface area contributed by atoms with Crippen LogP contribution in [0.25, 0.3) is 0 Å². The molecule has 4 nitrogen and oxygen atoms in total. The van der Waals surface area contributed by atoms with Crippen LogP contribution in [0.1, 0.15) is 24.0 Å². The fourth-order valence-electron chi connectivity index (χ4n) is 1.07. The predicted octanol–water partition coefficient (Wildman–Crippen LogP) is 1.23. The molecule has 1 aromatic heterocycles. The largest absolute Gasteiger partial charge is 0.469 e. The maximum absolute atomic E-state index is 11.2. The molecule has 1 heterocycles. The highest BCUT2D eigenvalue weighted by Crippen LogP contribution is 2.16. The third-order valence-corrected chi connectivity index (χ3v) is 1.94. The van der Waals surface area contributed by atoms with Crippen LogP contribution in [0, 0.1) is 11.3 Å². The summed E-state index contributed by atoms with van der Waals surface area (Å²) in [5.41, 5.74) is 1.13. The number of nitrogens with zero attached hydrogens (tertiary/aromatic N) is 2. The summed E-state index contributed by atoms with van der Waals surface area (Å²) in [4.78, 5) is 15.0. The number of esters is 1. The minimum Gasteiger partial charge on any atom is -0.469 e. The Hall–Kier alpha value is -1.89. The fraction of sp³-hybridized carbons (Fsp3) is 0.300. The second-order valence-corrected chi connectivity index (χ2v) is 2.86. The molecule has 0 aliphatic rings. The molecule has 1 atom stereocenters. The van der Waals surface area contributed by atoms with Crippen molar-refractivity contribution in [3.63, 3.8) is 0 Å². The van der Waals surface area contributed by atoms with E-state index in [0.717, 1.165) is 0 Å². The molecular weight excluding hydrogens is 180 g/mol. The number of carbonyl (C=O) groups is 1. The maximum Gasteiger partial charge on any atom is 0.312 e. The number of hydrogen-bond acceptors (Lipinski definition) is 4. The van der Waals surface area contributed by atoms with Crippen LogP contribution < -0.4 is 0 Å². The smallest absolute Gasteiger partial charge is 0.312 e. The summed E-state index contributed by atoms with van der Waals surface area (Å²) in [6.07, 6.45) is 3.01. The summed E-state index contributed by atoms with van der Waals surface area (Å²) in [5, 5.41) is 8.63. The van der Waals surface area contributed by atoms with E-state index in [0.29, 0.717) is 11.1 Å². The van der Waals surface area contributed by atoms with Gasteiger partial charge in [-0.05, 0) is 18.6 Å². The van der Waals surface area contributed by atoms with E-state index in [9.17, 15) is 4.79 Å². The van der Waals surface area contributed by atoms with Gasteiger partial charge in [-0.2, -0.15) is 5.26 Å². The highest BCUT2D eigenvalue weighted by Gasteiger charge is 2.15. The Morgan fingerprint density at radius 3 is 2.93 bits per heavy atom. The third-order valence-electron chi connectivity index (χ3n) is 1.94. The van der Waals surface area contributed by atoms with E-state index in [2.05, 4.69) is 9.72 Å². The van der Waals surface area contributed by atoms with Gasteiger partial charge in [-0.1, -0.05) is 0 Å². The summed E-state index contributed by atoms with van der Waals surface area (Å²) >= 11 is 0. The van der Waals surface area contributed by atoms with Gasteiger partial charge in [-0.25, -0.2) is 0 Å². The first-order valence-electron chi connectivity index (χ1n) is 4.12. The second-order valence-electron chi connectivity index (χ2n) is 2.86. The van der Waals surface area contributed by atoms with Gasteiger partial charge >= 0.3 is 5.97 Å². The molecule has 1 aromatic rings. The SMILES string of the molecule is COC(=O)C(C)c1cncc(C#N)c1. The summed E-state index contributed by atoms with van der Waals surface area (Å²) in [6, 6.07) is 3.60. The standard InChI is InChI=1S/C10H10N2O2/c1-7(10(13)14-2)9-3-8(4-11)5-12-6-9/h3,5-7H,1-2H3. The lowest BCUT2D eigenvalue weighted by Gasteiger charge is -2.08. The van der Waals surface area contributed by atoms with Crippen LogP contribution in [0.2, 0.25) is 0 Å². The molecule has 0 saturated heterocycles. The van der Waals surface area contributed by atoms with Crippen LogP contribution in [-0.2, 0) is 9.53 Å². The molecule has 0 aromatic carbocycles. The molecule has 0 amide bonds. The lowest BCUT2D eigenvalue weighted by atomic mass is 10.0. The van der Waals surface area contributed by atoms with Gasteiger partial charge in [0.15, 0.2) is 0 Å². The van der Waals surface area contributed by atoms with Crippen molar-refractivity contribution in [1.82, 2.24) is 4.98 Å². The molecule has 72 valence electrons. The van der Waals surface area contributed by atoms with E-state index in [1.807, 2.05) is 6.07 Å². The minimum atomic E-state index is -0.388. The number of hydrogen-bond donors (Lipinski definition) is 0. The summed E-state index contributed by atoms with van der Waals surface area (Å²) < 4.78 is 4.59. The minimum absolute atomic E-state index is 0.332.